The van der Waals surface area contributed by atoms with E-state index in [9.17, 15) is 0 Å². The Bertz CT molecular complexity index is 172. The molecule has 0 radical (unpaired) electrons. The van der Waals surface area contributed by atoms with Gasteiger partial charge in [-0.2, -0.15) is 30.4 Å². The van der Waals surface area contributed by atoms with Crippen LogP contribution in [0.25, 0.3) is 0 Å². The van der Waals surface area contributed by atoms with Crippen LogP contribution in [0.2, 0.25) is 0 Å². The molecule has 0 aliphatic rings. The van der Waals surface area contributed by atoms with Crippen molar-refractivity contribution < 1.29 is 16.3 Å². The van der Waals surface area contributed by atoms with Gasteiger partial charge in [-0.1, -0.05) is 6.07 Å². The van der Waals surface area contributed by atoms with E-state index >= 15 is 0 Å². The molecule has 0 unspecified atom stereocenters. The van der Waals surface area contributed by atoms with Crippen LogP contribution in [-0.4, -0.2) is 0 Å². The van der Waals surface area contributed by atoms with Crippen molar-refractivity contribution in [3.05, 3.63) is 48.6 Å². The van der Waals surface area contributed by atoms with E-state index in [1.807, 2.05) is 30.3 Å². The topological polar surface area (TPSA) is 0 Å². The van der Waals surface area contributed by atoms with E-state index in [1.165, 1.54) is 16.3 Å². The zero-order valence-corrected chi connectivity index (χ0v) is 10.2. The summed E-state index contributed by atoms with van der Waals surface area (Å²) in [7, 11) is 0. The van der Waals surface area contributed by atoms with Gasteiger partial charge in [0.1, 0.15) is 0 Å². The van der Waals surface area contributed by atoms with E-state index in [0.29, 0.717) is 0 Å². The number of rotatable bonds is 1. The first kappa shape index (κ1) is 10.1. The molecule has 10 heavy (non-hydrogen) atoms. The first-order valence-corrected chi connectivity index (χ1v) is 9.73. The van der Waals surface area contributed by atoms with Gasteiger partial charge in [-0.25, -0.2) is 0 Å². The Balaban J connectivity index is 0.000000371. The number of benzene rings is 1. The van der Waals surface area contributed by atoms with Crippen LogP contribution in [0.15, 0.2) is 36.9 Å². The van der Waals surface area contributed by atoms with Crippen molar-refractivity contribution in [1.29, 1.82) is 0 Å². The molecule has 1 aromatic rings. The number of hydrogen-bond acceptors (Lipinski definition) is 0. The molecule has 0 saturated heterocycles. The molecule has 0 aliphatic heterocycles. The zero-order chi connectivity index (χ0) is 7.82. The Morgan fingerprint density at radius 1 is 1.20 bits per heavy atom. The van der Waals surface area contributed by atoms with Crippen LogP contribution in [0.1, 0.15) is 5.56 Å². The number of halogens is 1. The van der Waals surface area contributed by atoms with Gasteiger partial charge < -0.3 is 0 Å². The molecule has 0 fully saturated rings. The summed E-state index contributed by atoms with van der Waals surface area (Å²) in [6, 6.07) is 9.84. The van der Waals surface area contributed by atoms with E-state index in [1.54, 1.807) is 0 Å². The molecule has 0 heterocycles. The van der Waals surface area contributed by atoms with E-state index in [0.717, 1.165) is 5.56 Å². The van der Waals surface area contributed by atoms with Gasteiger partial charge >= 0.3 is 30.0 Å². The average Bonchev–Trinajstić information content (AvgIpc) is 2.10. The van der Waals surface area contributed by atoms with Crippen LogP contribution in [0.3, 0.4) is 0 Å². The minimum atomic E-state index is 1.05. The standard InChI is InChI=1S/C8H7.BrH.Zn/c1-2-8-6-4-3-5-7-8;;/h3-7H,1H2;1H;/q-1;;+2/p-1. The van der Waals surface area contributed by atoms with E-state index in [4.69, 9.17) is 0 Å². The SMILES string of the molecule is C=[C-]c1ccccc1.[Zn+][Br]. The molecular weight excluding hydrogens is 241 g/mol. The Hall–Kier alpha value is 0.0634. The maximum absolute atomic E-state index is 3.51. The summed E-state index contributed by atoms with van der Waals surface area (Å²) < 4.78 is 0. The van der Waals surface area contributed by atoms with Gasteiger partial charge in [-0.3, -0.25) is 0 Å². The van der Waals surface area contributed by atoms with Gasteiger partial charge in [0.25, 0.3) is 0 Å². The van der Waals surface area contributed by atoms with Crippen LogP contribution in [0.4, 0.5) is 0 Å². The molecule has 2 heteroatoms. The third-order valence-electron chi connectivity index (χ3n) is 0.978. The van der Waals surface area contributed by atoms with Crippen LogP contribution in [0, 0.1) is 6.08 Å². The molecule has 1 aromatic carbocycles. The molecule has 0 aliphatic carbocycles. The Labute approximate surface area is 78.4 Å². The Morgan fingerprint density at radius 2 is 1.70 bits per heavy atom. The molecule has 0 aromatic heterocycles. The predicted octanol–water partition coefficient (Wildman–Crippen LogP) is 2.87. The summed E-state index contributed by atoms with van der Waals surface area (Å²) in [5, 5.41) is 0. The van der Waals surface area contributed by atoms with Crippen molar-refractivity contribution in [3.63, 3.8) is 0 Å². The third kappa shape index (κ3) is 3.97. The molecule has 0 nitrogen and oxygen atoms in total. The summed E-state index contributed by atoms with van der Waals surface area (Å²) in [5.74, 6) is 0. The fourth-order valence-electron chi connectivity index (χ4n) is 0.556. The van der Waals surface area contributed by atoms with Crippen molar-refractivity contribution >= 4 is 13.6 Å². The van der Waals surface area contributed by atoms with Gasteiger partial charge in [0, 0.05) is 0 Å². The van der Waals surface area contributed by atoms with Gasteiger partial charge in [-0.05, 0) is 0 Å². The van der Waals surface area contributed by atoms with Crippen molar-refractivity contribution in [2.45, 2.75) is 0 Å². The van der Waals surface area contributed by atoms with Crippen molar-refractivity contribution in [2.24, 2.45) is 0 Å². The van der Waals surface area contributed by atoms with E-state index in [2.05, 4.69) is 26.3 Å². The second-order valence-electron chi connectivity index (χ2n) is 1.54. The van der Waals surface area contributed by atoms with Crippen LogP contribution >= 0.6 is 13.6 Å². The molecule has 0 saturated carbocycles. The van der Waals surface area contributed by atoms with Crippen LogP contribution < -0.4 is 0 Å². The first-order chi connectivity index (χ1) is 4.93. The van der Waals surface area contributed by atoms with Gasteiger partial charge in [-0.15, -0.1) is 12.1 Å². The monoisotopic (exact) mass is 246 g/mol. The molecule has 0 N–H and O–H groups in total. The molecule has 48 valence electrons. The Kier molecular flexibility index (Phi) is 7.22. The third-order valence-corrected chi connectivity index (χ3v) is 0.978. The van der Waals surface area contributed by atoms with Crippen LogP contribution in [-0.2, 0) is 16.3 Å². The first-order valence-electron chi connectivity index (χ1n) is 2.78. The molecule has 0 amide bonds. The minimum absolute atomic E-state index is 1.05. The maximum atomic E-state index is 3.51. The quantitative estimate of drug-likeness (QED) is 0.529. The van der Waals surface area contributed by atoms with Gasteiger partial charge in [0.2, 0.25) is 0 Å². The van der Waals surface area contributed by atoms with E-state index in [-0.39, 0.29) is 0 Å². The van der Waals surface area contributed by atoms with Crippen molar-refractivity contribution in [3.8, 4) is 0 Å². The van der Waals surface area contributed by atoms with E-state index < -0.39 is 0 Å². The van der Waals surface area contributed by atoms with Gasteiger partial charge in [0.05, 0.1) is 0 Å². The average molecular weight is 248 g/mol. The fourth-order valence-corrected chi connectivity index (χ4v) is 0.556. The molecule has 1 rings (SSSR count). The summed E-state index contributed by atoms with van der Waals surface area (Å²) in [4.78, 5) is 0. The summed E-state index contributed by atoms with van der Waals surface area (Å²) in [5.41, 5.74) is 1.05. The molecular formula is C8H7BrZn. The second kappa shape index (κ2) is 7.17. The normalized spacial score (nSPS) is 7.50. The van der Waals surface area contributed by atoms with Crippen LogP contribution in [0.5, 0.6) is 0 Å². The number of hydrogen-bond donors (Lipinski definition) is 0. The zero-order valence-electron chi connectivity index (χ0n) is 5.68. The van der Waals surface area contributed by atoms with Crippen molar-refractivity contribution in [1.82, 2.24) is 0 Å². The summed E-state index contributed by atoms with van der Waals surface area (Å²) in [6.45, 7) is 3.51. The second-order valence-corrected chi connectivity index (χ2v) is 1.54. The Morgan fingerprint density at radius 3 is 2.00 bits per heavy atom. The van der Waals surface area contributed by atoms with Crippen molar-refractivity contribution in [2.75, 3.05) is 0 Å². The van der Waals surface area contributed by atoms with Gasteiger partial charge in [0.15, 0.2) is 0 Å². The molecule has 0 spiro atoms. The predicted molar refractivity (Wildman–Crippen MR) is 43.3 cm³/mol. The summed E-state index contributed by atoms with van der Waals surface area (Å²) in [6.07, 6.45) is 2.78. The summed E-state index contributed by atoms with van der Waals surface area (Å²) >= 11 is 4.25. The molecule has 0 bridgehead atoms. The fraction of sp³-hybridized carbons (Fsp3) is 0. The molecule has 0 atom stereocenters.